The number of amides is 1. The van der Waals surface area contributed by atoms with Gasteiger partial charge in [-0.2, -0.15) is 0 Å². The lowest BCUT2D eigenvalue weighted by molar-refractivity contribution is -0.120. The van der Waals surface area contributed by atoms with E-state index in [2.05, 4.69) is 5.32 Å². The molecule has 0 fully saturated rings. The van der Waals surface area contributed by atoms with E-state index in [0.29, 0.717) is 23.7 Å². The van der Waals surface area contributed by atoms with Crippen molar-refractivity contribution in [2.24, 2.45) is 5.92 Å². The highest BCUT2D eigenvalue weighted by Gasteiger charge is 2.13. The lowest BCUT2D eigenvalue weighted by Gasteiger charge is -2.12. The summed E-state index contributed by atoms with van der Waals surface area (Å²) in [6.45, 7) is 2.18. The van der Waals surface area contributed by atoms with E-state index >= 15 is 0 Å². The maximum absolute atomic E-state index is 11.7. The van der Waals surface area contributed by atoms with Gasteiger partial charge in [0.2, 0.25) is 5.91 Å². The molecule has 0 saturated carbocycles. The summed E-state index contributed by atoms with van der Waals surface area (Å²) < 4.78 is 9.95. The number of benzene rings is 1. The van der Waals surface area contributed by atoms with E-state index in [0.717, 1.165) is 0 Å². The number of ether oxygens (including phenoxy) is 2. The molecule has 0 aromatic heterocycles. The highest BCUT2D eigenvalue weighted by molar-refractivity contribution is 5.93. The van der Waals surface area contributed by atoms with Gasteiger partial charge in [0.05, 0.1) is 25.3 Å². The summed E-state index contributed by atoms with van der Waals surface area (Å²) in [5, 5.41) is 2.76. The topological polar surface area (TPSA) is 73.6 Å². The van der Waals surface area contributed by atoms with Gasteiger partial charge in [0.1, 0.15) is 5.75 Å². The Balaban J connectivity index is 2.69. The van der Waals surface area contributed by atoms with Crippen LogP contribution in [0.4, 0.5) is 11.4 Å². The van der Waals surface area contributed by atoms with Crippen molar-refractivity contribution >= 4 is 17.3 Å². The first-order valence-corrected chi connectivity index (χ1v) is 5.31. The number of nitrogen functional groups attached to an aromatic ring is 1. The lowest BCUT2D eigenvalue weighted by Crippen LogP contribution is -2.23. The number of nitrogens with two attached hydrogens (primary N) is 1. The zero-order valence-corrected chi connectivity index (χ0v) is 10.3. The molecule has 17 heavy (non-hydrogen) atoms. The van der Waals surface area contributed by atoms with Crippen LogP contribution in [0.2, 0.25) is 0 Å². The molecule has 0 heterocycles. The average molecular weight is 238 g/mol. The van der Waals surface area contributed by atoms with Crippen LogP contribution in [0.3, 0.4) is 0 Å². The van der Waals surface area contributed by atoms with Crippen molar-refractivity contribution in [3.8, 4) is 5.75 Å². The molecule has 0 spiro atoms. The van der Waals surface area contributed by atoms with Crippen LogP contribution in [-0.2, 0) is 9.53 Å². The van der Waals surface area contributed by atoms with Crippen molar-refractivity contribution < 1.29 is 14.3 Å². The Hall–Kier alpha value is -1.75. The van der Waals surface area contributed by atoms with Crippen LogP contribution < -0.4 is 15.8 Å². The van der Waals surface area contributed by atoms with Crippen LogP contribution in [0.25, 0.3) is 0 Å². The summed E-state index contributed by atoms with van der Waals surface area (Å²) >= 11 is 0. The number of carbonyl (C=O) groups excluding carboxylic acids is 1. The molecular weight excluding hydrogens is 220 g/mol. The maximum atomic E-state index is 11.7. The summed E-state index contributed by atoms with van der Waals surface area (Å²) in [7, 11) is 3.11. The minimum atomic E-state index is -0.205. The fraction of sp³-hybridized carbons (Fsp3) is 0.417. The number of anilines is 2. The number of methoxy groups -OCH3 is 2. The summed E-state index contributed by atoms with van der Waals surface area (Å²) in [5.74, 6) is 0.285. The standard InChI is InChI=1S/C12H18N2O3/c1-8(7-16-2)12(15)14-9-4-5-11(17-3)10(13)6-9/h4-6,8H,7,13H2,1-3H3,(H,14,15). The van der Waals surface area contributed by atoms with E-state index in [9.17, 15) is 4.79 Å². The molecule has 94 valence electrons. The third-order valence-electron chi connectivity index (χ3n) is 2.36. The molecule has 0 radical (unpaired) electrons. The highest BCUT2D eigenvalue weighted by Crippen LogP contribution is 2.24. The molecule has 0 aliphatic rings. The third kappa shape index (κ3) is 3.64. The van der Waals surface area contributed by atoms with Gasteiger partial charge in [0, 0.05) is 12.8 Å². The van der Waals surface area contributed by atoms with Gasteiger partial charge >= 0.3 is 0 Å². The number of carbonyl (C=O) groups is 1. The zero-order chi connectivity index (χ0) is 12.8. The highest BCUT2D eigenvalue weighted by atomic mass is 16.5. The van der Waals surface area contributed by atoms with Gasteiger partial charge in [-0.15, -0.1) is 0 Å². The first kappa shape index (κ1) is 13.3. The molecular formula is C12H18N2O3. The summed E-state index contributed by atoms with van der Waals surface area (Å²) in [6.07, 6.45) is 0. The summed E-state index contributed by atoms with van der Waals surface area (Å²) in [6, 6.07) is 5.12. The van der Waals surface area contributed by atoms with Crippen LogP contribution in [0.5, 0.6) is 5.75 Å². The number of hydrogen-bond donors (Lipinski definition) is 2. The first-order chi connectivity index (χ1) is 8.08. The van der Waals surface area contributed by atoms with E-state index < -0.39 is 0 Å². The zero-order valence-electron chi connectivity index (χ0n) is 10.3. The average Bonchev–Trinajstić information content (AvgIpc) is 2.29. The number of hydrogen-bond acceptors (Lipinski definition) is 4. The summed E-state index contributed by atoms with van der Waals surface area (Å²) in [5.41, 5.74) is 6.88. The molecule has 3 N–H and O–H groups in total. The molecule has 1 atom stereocenters. The van der Waals surface area contributed by atoms with Crippen molar-refractivity contribution in [2.75, 3.05) is 31.9 Å². The Bertz CT molecular complexity index is 393. The minimum Gasteiger partial charge on any atom is -0.495 e. The Morgan fingerprint density at radius 1 is 1.47 bits per heavy atom. The van der Waals surface area contributed by atoms with E-state index in [1.54, 1.807) is 39.3 Å². The molecule has 0 saturated heterocycles. The molecule has 1 aromatic rings. The minimum absolute atomic E-state index is 0.101. The van der Waals surface area contributed by atoms with Gasteiger partial charge in [0.25, 0.3) is 0 Å². The molecule has 1 amide bonds. The fourth-order valence-corrected chi connectivity index (χ4v) is 1.40. The number of rotatable bonds is 5. The Labute approximate surface area is 101 Å². The second kappa shape index (κ2) is 6.10. The second-order valence-electron chi connectivity index (χ2n) is 3.80. The maximum Gasteiger partial charge on any atom is 0.229 e. The van der Waals surface area contributed by atoms with Crippen molar-refractivity contribution in [3.05, 3.63) is 18.2 Å². The monoisotopic (exact) mass is 238 g/mol. The van der Waals surface area contributed by atoms with Gasteiger partial charge in [-0.25, -0.2) is 0 Å². The SMILES string of the molecule is COCC(C)C(=O)Nc1ccc(OC)c(N)c1. The molecule has 5 nitrogen and oxygen atoms in total. The second-order valence-corrected chi connectivity index (χ2v) is 3.80. The lowest BCUT2D eigenvalue weighted by atomic mass is 10.1. The molecule has 1 rings (SSSR count). The smallest absolute Gasteiger partial charge is 0.229 e. The van der Waals surface area contributed by atoms with Crippen LogP contribution in [-0.4, -0.2) is 26.7 Å². The van der Waals surface area contributed by atoms with Crippen LogP contribution in [0, 0.1) is 5.92 Å². The Morgan fingerprint density at radius 3 is 2.71 bits per heavy atom. The normalized spacial score (nSPS) is 11.9. The van der Waals surface area contributed by atoms with E-state index in [1.165, 1.54) is 0 Å². The Morgan fingerprint density at radius 2 is 2.18 bits per heavy atom. The molecule has 1 aromatic carbocycles. The molecule has 5 heteroatoms. The van der Waals surface area contributed by atoms with Crippen molar-refractivity contribution in [3.63, 3.8) is 0 Å². The van der Waals surface area contributed by atoms with Crippen molar-refractivity contribution in [1.82, 2.24) is 0 Å². The van der Waals surface area contributed by atoms with E-state index in [1.807, 2.05) is 0 Å². The molecule has 0 aliphatic heterocycles. The number of nitrogens with one attached hydrogen (secondary N) is 1. The first-order valence-electron chi connectivity index (χ1n) is 5.31. The van der Waals surface area contributed by atoms with Crippen LogP contribution in [0.1, 0.15) is 6.92 Å². The van der Waals surface area contributed by atoms with E-state index in [-0.39, 0.29) is 11.8 Å². The Kier molecular flexibility index (Phi) is 4.78. The van der Waals surface area contributed by atoms with Gasteiger partial charge in [0.15, 0.2) is 0 Å². The van der Waals surface area contributed by atoms with Crippen molar-refractivity contribution in [1.29, 1.82) is 0 Å². The van der Waals surface area contributed by atoms with Gasteiger partial charge in [-0.1, -0.05) is 6.92 Å². The van der Waals surface area contributed by atoms with Gasteiger partial charge in [-0.3, -0.25) is 4.79 Å². The fourth-order valence-electron chi connectivity index (χ4n) is 1.40. The quantitative estimate of drug-likeness (QED) is 0.762. The molecule has 0 aliphatic carbocycles. The molecule has 0 bridgehead atoms. The van der Waals surface area contributed by atoms with Crippen LogP contribution >= 0.6 is 0 Å². The predicted molar refractivity (Wildman–Crippen MR) is 67.1 cm³/mol. The summed E-state index contributed by atoms with van der Waals surface area (Å²) in [4.78, 5) is 11.7. The van der Waals surface area contributed by atoms with E-state index in [4.69, 9.17) is 15.2 Å². The van der Waals surface area contributed by atoms with Crippen LogP contribution in [0.15, 0.2) is 18.2 Å². The largest absolute Gasteiger partial charge is 0.495 e. The molecule has 1 unspecified atom stereocenters. The third-order valence-corrected chi connectivity index (χ3v) is 2.36. The van der Waals surface area contributed by atoms with Crippen molar-refractivity contribution in [2.45, 2.75) is 6.92 Å². The van der Waals surface area contributed by atoms with Gasteiger partial charge < -0.3 is 20.5 Å². The van der Waals surface area contributed by atoms with Gasteiger partial charge in [-0.05, 0) is 18.2 Å². The predicted octanol–water partition coefficient (Wildman–Crippen LogP) is 1.50.